The number of aryl methyl sites for hydroxylation is 2. The maximum Gasteiger partial charge on any atom is 0.328 e. The number of halogens is 1. The van der Waals surface area contributed by atoms with Gasteiger partial charge in [0.2, 0.25) is 0 Å². The molecule has 5 aromatic rings. The molecule has 0 fully saturated rings. The standard InChI is InChI=1S/C28H28FN5O3/c1-28(2,37-6)26-31-21-14-17(16-7-10-19(20(29)13-16)25(35)30-3)8-11-22(21)34(26)18-9-12-23-24(15-18)33(5)27(36)32(23)4/h7-15H,1-6H3,(H,30,35). The fourth-order valence-electron chi connectivity index (χ4n) is 4.66. The number of aromatic nitrogens is 4. The van der Waals surface area contributed by atoms with Crippen LogP contribution in [0.2, 0.25) is 0 Å². The number of imidazole rings is 2. The van der Waals surface area contributed by atoms with E-state index in [9.17, 15) is 14.0 Å². The first-order valence-corrected chi connectivity index (χ1v) is 11.8. The van der Waals surface area contributed by atoms with E-state index in [1.807, 2.05) is 54.8 Å². The summed E-state index contributed by atoms with van der Waals surface area (Å²) in [5.74, 6) is -0.383. The lowest BCUT2D eigenvalue weighted by Crippen LogP contribution is -2.24. The summed E-state index contributed by atoms with van der Waals surface area (Å²) in [5.41, 5.74) is 4.59. The van der Waals surface area contributed by atoms with Gasteiger partial charge in [-0.2, -0.15) is 0 Å². The van der Waals surface area contributed by atoms with Crippen LogP contribution in [0.4, 0.5) is 4.39 Å². The van der Waals surface area contributed by atoms with Gasteiger partial charge in [-0.05, 0) is 67.4 Å². The number of amides is 1. The molecule has 0 aliphatic heterocycles. The summed E-state index contributed by atoms with van der Waals surface area (Å²) in [7, 11) is 6.60. The van der Waals surface area contributed by atoms with E-state index in [0.717, 1.165) is 27.8 Å². The minimum atomic E-state index is -0.724. The van der Waals surface area contributed by atoms with Crippen LogP contribution in [0.3, 0.4) is 0 Å². The van der Waals surface area contributed by atoms with E-state index >= 15 is 0 Å². The molecule has 37 heavy (non-hydrogen) atoms. The molecule has 1 amide bonds. The number of nitrogens with one attached hydrogen (secondary N) is 1. The highest BCUT2D eigenvalue weighted by atomic mass is 19.1. The molecule has 0 bridgehead atoms. The molecule has 3 aromatic carbocycles. The predicted molar refractivity (Wildman–Crippen MR) is 142 cm³/mol. The van der Waals surface area contributed by atoms with Crippen molar-refractivity contribution in [2.45, 2.75) is 19.4 Å². The molecule has 0 saturated heterocycles. The van der Waals surface area contributed by atoms with Crippen LogP contribution in [0, 0.1) is 5.82 Å². The third-order valence-electron chi connectivity index (χ3n) is 6.99. The van der Waals surface area contributed by atoms with Crippen LogP contribution in [0.25, 0.3) is 38.9 Å². The van der Waals surface area contributed by atoms with Crippen LogP contribution in [0.15, 0.2) is 59.4 Å². The molecule has 2 heterocycles. The van der Waals surface area contributed by atoms with E-state index in [-0.39, 0.29) is 11.3 Å². The van der Waals surface area contributed by atoms with Crippen LogP contribution < -0.4 is 11.0 Å². The molecule has 0 aliphatic rings. The summed E-state index contributed by atoms with van der Waals surface area (Å²) < 4.78 is 25.7. The van der Waals surface area contributed by atoms with Crippen molar-refractivity contribution in [3.8, 4) is 16.8 Å². The van der Waals surface area contributed by atoms with E-state index in [1.165, 1.54) is 19.2 Å². The number of nitrogens with zero attached hydrogens (tertiary/aromatic N) is 4. The summed E-state index contributed by atoms with van der Waals surface area (Å²) >= 11 is 0. The summed E-state index contributed by atoms with van der Waals surface area (Å²) in [5, 5.41) is 2.44. The fourth-order valence-corrected chi connectivity index (χ4v) is 4.66. The van der Waals surface area contributed by atoms with Crippen molar-refractivity contribution < 1.29 is 13.9 Å². The van der Waals surface area contributed by atoms with Gasteiger partial charge in [-0.15, -0.1) is 0 Å². The fraction of sp³-hybridized carbons (Fsp3) is 0.250. The molecule has 9 heteroatoms. The number of fused-ring (bicyclic) bond motifs is 2. The van der Waals surface area contributed by atoms with Crippen molar-refractivity contribution in [3.63, 3.8) is 0 Å². The molecule has 190 valence electrons. The van der Waals surface area contributed by atoms with E-state index in [2.05, 4.69) is 5.32 Å². The van der Waals surface area contributed by atoms with Gasteiger partial charge in [0.15, 0.2) is 0 Å². The molecule has 1 N–H and O–H groups in total. The lowest BCUT2D eigenvalue weighted by Gasteiger charge is -2.24. The van der Waals surface area contributed by atoms with Crippen molar-refractivity contribution in [2.24, 2.45) is 14.1 Å². The number of hydrogen-bond donors (Lipinski definition) is 1. The molecular weight excluding hydrogens is 473 g/mol. The van der Waals surface area contributed by atoms with Gasteiger partial charge < -0.3 is 10.1 Å². The summed E-state index contributed by atoms with van der Waals surface area (Å²) in [4.78, 5) is 29.3. The first-order valence-electron chi connectivity index (χ1n) is 11.8. The normalized spacial score (nSPS) is 12.0. The molecule has 0 spiro atoms. The second-order valence-electron chi connectivity index (χ2n) is 9.54. The number of hydrogen-bond acceptors (Lipinski definition) is 4. The third-order valence-corrected chi connectivity index (χ3v) is 6.99. The minimum Gasteiger partial charge on any atom is -0.371 e. The average Bonchev–Trinajstić information content (AvgIpc) is 3.39. The molecule has 2 aromatic heterocycles. The lowest BCUT2D eigenvalue weighted by molar-refractivity contribution is 0.0107. The van der Waals surface area contributed by atoms with Crippen LogP contribution in [0.1, 0.15) is 30.0 Å². The Kier molecular flexibility index (Phi) is 5.75. The van der Waals surface area contributed by atoms with E-state index < -0.39 is 17.3 Å². The quantitative estimate of drug-likeness (QED) is 0.390. The number of ether oxygens (including phenoxy) is 1. The highest BCUT2D eigenvalue weighted by Crippen LogP contribution is 2.34. The molecular formula is C28H28FN5O3. The van der Waals surface area contributed by atoms with Crippen molar-refractivity contribution in [3.05, 3.63) is 82.3 Å². The molecule has 0 saturated carbocycles. The number of carbonyl (C=O) groups excluding carboxylic acids is 1. The van der Waals surface area contributed by atoms with Gasteiger partial charge in [-0.3, -0.25) is 18.5 Å². The molecule has 0 aliphatic carbocycles. The monoisotopic (exact) mass is 501 g/mol. The highest BCUT2D eigenvalue weighted by Gasteiger charge is 2.29. The smallest absolute Gasteiger partial charge is 0.328 e. The SMILES string of the molecule is CNC(=O)c1ccc(-c2ccc3c(c2)nc(C(C)(C)OC)n3-c2ccc3c(c2)n(C)c(=O)n3C)cc1F. The highest BCUT2D eigenvalue weighted by molar-refractivity contribution is 5.95. The van der Waals surface area contributed by atoms with Crippen LogP contribution >= 0.6 is 0 Å². The van der Waals surface area contributed by atoms with Crippen molar-refractivity contribution >= 4 is 28.0 Å². The van der Waals surface area contributed by atoms with E-state index in [4.69, 9.17) is 9.72 Å². The first kappa shape index (κ1) is 24.5. The average molecular weight is 502 g/mol. The van der Waals surface area contributed by atoms with Crippen LogP contribution in [-0.4, -0.2) is 38.7 Å². The van der Waals surface area contributed by atoms with Gasteiger partial charge >= 0.3 is 5.69 Å². The maximum atomic E-state index is 14.6. The zero-order chi connectivity index (χ0) is 26.6. The number of rotatable bonds is 5. The Hall–Kier alpha value is -4.24. The molecule has 0 unspecified atom stereocenters. The Morgan fingerprint density at radius 2 is 1.59 bits per heavy atom. The third kappa shape index (κ3) is 3.82. The topological polar surface area (TPSA) is 83.1 Å². The molecule has 0 radical (unpaired) electrons. The van der Waals surface area contributed by atoms with Crippen LogP contribution in [-0.2, 0) is 24.4 Å². The minimum absolute atomic E-state index is 0.00793. The van der Waals surface area contributed by atoms with E-state index in [1.54, 1.807) is 36.4 Å². The van der Waals surface area contributed by atoms with Crippen LogP contribution in [0.5, 0.6) is 0 Å². The summed E-state index contributed by atoms with van der Waals surface area (Å²) in [6, 6.07) is 16.1. The van der Waals surface area contributed by atoms with E-state index in [0.29, 0.717) is 16.9 Å². The Balaban J connectivity index is 1.71. The molecule has 8 nitrogen and oxygen atoms in total. The Morgan fingerprint density at radius 1 is 0.946 bits per heavy atom. The summed E-state index contributed by atoms with van der Waals surface area (Å²) in [6.07, 6.45) is 0. The second-order valence-corrected chi connectivity index (χ2v) is 9.54. The lowest BCUT2D eigenvalue weighted by atomic mass is 10.0. The van der Waals surface area contributed by atoms with Crippen molar-refractivity contribution in [1.82, 2.24) is 24.0 Å². The molecule has 0 atom stereocenters. The van der Waals surface area contributed by atoms with Crippen molar-refractivity contribution in [2.75, 3.05) is 14.2 Å². The largest absolute Gasteiger partial charge is 0.371 e. The van der Waals surface area contributed by atoms with Gasteiger partial charge in [-0.25, -0.2) is 14.2 Å². The van der Waals surface area contributed by atoms with Crippen molar-refractivity contribution in [1.29, 1.82) is 0 Å². The molecule has 5 rings (SSSR count). The Morgan fingerprint density at radius 3 is 2.27 bits per heavy atom. The first-order chi connectivity index (χ1) is 17.6. The number of benzene rings is 3. The summed E-state index contributed by atoms with van der Waals surface area (Å²) in [6.45, 7) is 3.88. The van der Waals surface area contributed by atoms with Gasteiger partial charge in [0.25, 0.3) is 5.91 Å². The predicted octanol–water partition coefficient (Wildman–Crippen LogP) is 4.26. The number of methoxy groups -OCH3 is 1. The maximum absolute atomic E-state index is 14.6. The second kappa shape index (κ2) is 8.70. The van der Waals surface area contributed by atoms with Gasteiger partial charge in [0, 0.05) is 33.9 Å². The number of carbonyl (C=O) groups is 1. The van der Waals surface area contributed by atoms with Gasteiger partial charge in [-0.1, -0.05) is 12.1 Å². The Labute approximate surface area is 212 Å². The zero-order valence-corrected chi connectivity index (χ0v) is 21.6. The zero-order valence-electron chi connectivity index (χ0n) is 21.6. The Bertz CT molecular complexity index is 1760. The van der Waals surface area contributed by atoms with Gasteiger partial charge in [0.1, 0.15) is 17.2 Å². The van der Waals surface area contributed by atoms with Gasteiger partial charge in [0.05, 0.1) is 27.6 Å².